The van der Waals surface area contributed by atoms with E-state index in [1.807, 2.05) is 43.6 Å². The fraction of sp³-hybridized carbons (Fsp3) is 0.304. The highest BCUT2D eigenvalue weighted by molar-refractivity contribution is 5.69. The first-order chi connectivity index (χ1) is 14.1. The molecule has 0 aliphatic heterocycles. The van der Waals surface area contributed by atoms with Crippen molar-refractivity contribution >= 4 is 11.2 Å². The molecule has 0 fully saturated rings. The number of pyridine rings is 1. The summed E-state index contributed by atoms with van der Waals surface area (Å²) in [5.41, 5.74) is 4.29. The molecule has 0 amide bonds. The Bertz CT molecular complexity index is 1130. The number of aromatic nitrogens is 2. The number of hydrogen-bond acceptors (Lipinski definition) is 5. The zero-order valence-electron chi connectivity index (χ0n) is 16.9. The highest BCUT2D eigenvalue weighted by atomic mass is 16.5. The summed E-state index contributed by atoms with van der Waals surface area (Å²) in [6.07, 6.45) is 7.28. The number of hydrogen-bond donors (Lipinski definition) is 1. The van der Waals surface area contributed by atoms with Crippen molar-refractivity contribution in [3.05, 3.63) is 64.6 Å². The van der Waals surface area contributed by atoms with Crippen molar-refractivity contribution in [2.24, 2.45) is 0 Å². The van der Waals surface area contributed by atoms with Crippen LogP contribution in [0.2, 0.25) is 0 Å². The van der Waals surface area contributed by atoms with Gasteiger partial charge in [-0.3, -0.25) is 9.20 Å². The number of fused-ring (bicyclic) bond motifs is 1. The van der Waals surface area contributed by atoms with Crippen molar-refractivity contribution in [3.63, 3.8) is 0 Å². The second kappa shape index (κ2) is 8.09. The number of ether oxygens (including phenoxy) is 2. The van der Waals surface area contributed by atoms with E-state index in [9.17, 15) is 4.79 Å². The van der Waals surface area contributed by atoms with Gasteiger partial charge in [-0.1, -0.05) is 6.08 Å². The van der Waals surface area contributed by atoms with E-state index in [1.54, 1.807) is 24.7 Å². The average molecular weight is 391 g/mol. The van der Waals surface area contributed by atoms with Crippen LogP contribution in [0, 0.1) is 0 Å². The molecule has 4 rings (SSSR count). The van der Waals surface area contributed by atoms with Crippen LogP contribution in [-0.2, 0) is 0 Å². The summed E-state index contributed by atoms with van der Waals surface area (Å²) in [4.78, 5) is 17.5. The second-order valence-corrected chi connectivity index (χ2v) is 7.18. The van der Waals surface area contributed by atoms with E-state index in [0.717, 1.165) is 30.4 Å². The van der Waals surface area contributed by atoms with Crippen molar-refractivity contribution in [2.75, 3.05) is 21.3 Å². The third kappa shape index (κ3) is 3.76. The molecule has 6 heteroatoms. The molecule has 3 aromatic rings. The van der Waals surface area contributed by atoms with Crippen LogP contribution in [-0.4, -0.2) is 36.7 Å². The maximum atomic E-state index is 12.8. The molecular formula is C23H25N3O3. The zero-order valence-corrected chi connectivity index (χ0v) is 16.9. The topological polar surface area (TPSA) is 64.9 Å². The predicted octanol–water partition coefficient (Wildman–Crippen LogP) is 3.53. The molecule has 1 N–H and O–H groups in total. The summed E-state index contributed by atoms with van der Waals surface area (Å²) in [6.45, 7) is 0. The first-order valence-electron chi connectivity index (χ1n) is 9.75. The Morgan fingerprint density at radius 3 is 2.55 bits per heavy atom. The number of nitrogens with one attached hydrogen (secondary N) is 1. The lowest BCUT2D eigenvalue weighted by atomic mass is 9.91. The highest BCUT2D eigenvalue weighted by Crippen LogP contribution is 2.31. The fourth-order valence-electron chi connectivity index (χ4n) is 3.79. The van der Waals surface area contributed by atoms with E-state index in [2.05, 4.69) is 16.4 Å². The van der Waals surface area contributed by atoms with Crippen LogP contribution in [0.3, 0.4) is 0 Å². The molecule has 1 aliphatic rings. The van der Waals surface area contributed by atoms with E-state index in [-0.39, 0.29) is 5.56 Å². The van der Waals surface area contributed by atoms with Gasteiger partial charge in [0, 0.05) is 23.9 Å². The van der Waals surface area contributed by atoms with Crippen LogP contribution >= 0.6 is 0 Å². The van der Waals surface area contributed by atoms with Crippen LogP contribution in [0.25, 0.3) is 22.5 Å². The number of allylic oxidation sites excluding steroid dienone is 1. The van der Waals surface area contributed by atoms with E-state index in [1.165, 1.54) is 5.57 Å². The molecule has 0 saturated heterocycles. The monoisotopic (exact) mass is 391 g/mol. The number of nitrogens with zero attached hydrogens (tertiary/aromatic N) is 2. The molecule has 0 saturated carbocycles. The van der Waals surface area contributed by atoms with E-state index in [0.29, 0.717) is 28.9 Å². The summed E-state index contributed by atoms with van der Waals surface area (Å²) in [7, 11) is 5.18. The number of methoxy groups -OCH3 is 2. The van der Waals surface area contributed by atoms with E-state index in [4.69, 9.17) is 9.47 Å². The van der Waals surface area contributed by atoms with Gasteiger partial charge in [0.2, 0.25) is 0 Å². The second-order valence-electron chi connectivity index (χ2n) is 7.18. The molecule has 2 aromatic heterocycles. The fourth-order valence-corrected chi connectivity index (χ4v) is 3.79. The Labute approximate surface area is 169 Å². The Hall–Kier alpha value is -3.12. The van der Waals surface area contributed by atoms with Crippen molar-refractivity contribution in [3.8, 4) is 22.8 Å². The summed E-state index contributed by atoms with van der Waals surface area (Å²) in [5, 5.41) is 3.33. The molecular weight excluding hydrogens is 366 g/mol. The van der Waals surface area contributed by atoms with Crippen molar-refractivity contribution in [1.29, 1.82) is 0 Å². The van der Waals surface area contributed by atoms with Crippen molar-refractivity contribution < 1.29 is 9.47 Å². The van der Waals surface area contributed by atoms with Gasteiger partial charge in [-0.25, -0.2) is 4.98 Å². The molecule has 1 aliphatic carbocycles. The number of rotatable bonds is 5. The van der Waals surface area contributed by atoms with Gasteiger partial charge in [0.15, 0.2) is 11.5 Å². The maximum Gasteiger partial charge on any atom is 0.258 e. The lowest BCUT2D eigenvalue weighted by Crippen LogP contribution is -2.26. The molecule has 2 heterocycles. The summed E-state index contributed by atoms with van der Waals surface area (Å²) in [6, 6.07) is 11.6. The highest BCUT2D eigenvalue weighted by Gasteiger charge is 2.15. The first kappa shape index (κ1) is 19.2. The minimum absolute atomic E-state index is 0.105. The van der Waals surface area contributed by atoms with E-state index < -0.39 is 0 Å². The van der Waals surface area contributed by atoms with Crippen molar-refractivity contribution in [1.82, 2.24) is 14.7 Å². The van der Waals surface area contributed by atoms with Crippen LogP contribution in [0.1, 0.15) is 24.8 Å². The van der Waals surface area contributed by atoms with Gasteiger partial charge in [-0.05, 0) is 67.8 Å². The lowest BCUT2D eigenvalue weighted by Gasteiger charge is -2.21. The van der Waals surface area contributed by atoms with Gasteiger partial charge in [0.05, 0.1) is 19.9 Å². The summed E-state index contributed by atoms with van der Waals surface area (Å²) in [5.74, 6) is 1.24. The Morgan fingerprint density at radius 2 is 1.86 bits per heavy atom. The normalized spacial score (nSPS) is 16.5. The quantitative estimate of drug-likeness (QED) is 0.721. The smallest absolute Gasteiger partial charge is 0.258 e. The molecule has 0 spiro atoms. The van der Waals surface area contributed by atoms with Crippen molar-refractivity contribution in [2.45, 2.75) is 25.3 Å². The molecule has 1 unspecified atom stereocenters. The Balaban J connectivity index is 1.72. The molecule has 1 atom stereocenters. The van der Waals surface area contributed by atoms with Crippen LogP contribution in [0.15, 0.2) is 53.5 Å². The molecule has 29 heavy (non-hydrogen) atoms. The minimum atomic E-state index is -0.105. The van der Waals surface area contributed by atoms with Gasteiger partial charge in [0.25, 0.3) is 5.56 Å². The standard InChI is InChI=1S/C23H25N3O3/c1-24-18-8-4-15(5-9-18)17-7-11-22-25-19(13-23(27)26(22)14-17)16-6-10-20(28-2)21(12-16)29-3/h4,6-7,10-14,18,24H,5,8-9H2,1-3H3. The average Bonchev–Trinajstić information content (AvgIpc) is 2.78. The third-order valence-corrected chi connectivity index (χ3v) is 5.53. The SMILES string of the molecule is CNC1CC=C(c2ccc3nc(-c4ccc(OC)c(OC)c4)cc(=O)n3c2)CC1. The first-order valence-corrected chi connectivity index (χ1v) is 9.75. The lowest BCUT2D eigenvalue weighted by molar-refractivity contribution is 0.355. The zero-order chi connectivity index (χ0) is 20.4. The molecule has 150 valence electrons. The molecule has 6 nitrogen and oxygen atoms in total. The minimum Gasteiger partial charge on any atom is -0.493 e. The van der Waals surface area contributed by atoms with Gasteiger partial charge in [-0.2, -0.15) is 0 Å². The van der Waals surface area contributed by atoms with Gasteiger partial charge < -0.3 is 14.8 Å². The molecule has 1 aromatic carbocycles. The summed E-state index contributed by atoms with van der Waals surface area (Å²) < 4.78 is 12.3. The van der Waals surface area contributed by atoms with Crippen LogP contribution < -0.4 is 20.3 Å². The third-order valence-electron chi connectivity index (χ3n) is 5.53. The van der Waals surface area contributed by atoms with Crippen LogP contribution in [0.4, 0.5) is 0 Å². The predicted molar refractivity (Wildman–Crippen MR) is 115 cm³/mol. The maximum absolute atomic E-state index is 12.8. The summed E-state index contributed by atoms with van der Waals surface area (Å²) >= 11 is 0. The Morgan fingerprint density at radius 1 is 1.07 bits per heavy atom. The number of benzene rings is 1. The van der Waals surface area contributed by atoms with Gasteiger partial charge >= 0.3 is 0 Å². The van der Waals surface area contributed by atoms with Gasteiger partial charge in [-0.15, -0.1) is 0 Å². The van der Waals surface area contributed by atoms with Gasteiger partial charge in [0.1, 0.15) is 5.65 Å². The Kier molecular flexibility index (Phi) is 5.36. The van der Waals surface area contributed by atoms with Crippen LogP contribution in [0.5, 0.6) is 11.5 Å². The molecule has 0 bridgehead atoms. The largest absolute Gasteiger partial charge is 0.493 e. The van der Waals surface area contributed by atoms with E-state index >= 15 is 0 Å². The molecule has 0 radical (unpaired) electrons.